The van der Waals surface area contributed by atoms with Crippen LogP contribution in [0.15, 0.2) is 89.8 Å². The molecule has 0 bridgehead atoms. The van der Waals surface area contributed by atoms with Gasteiger partial charge in [-0.2, -0.15) is 0 Å². The van der Waals surface area contributed by atoms with E-state index in [0.717, 1.165) is 13.4 Å². The van der Waals surface area contributed by atoms with Crippen molar-refractivity contribution in [2.45, 2.75) is 38.3 Å². The number of anilines is 1. The number of benzene rings is 3. The molecule has 9 heteroatoms. The van der Waals surface area contributed by atoms with Gasteiger partial charge in [-0.25, -0.2) is 8.42 Å². The van der Waals surface area contributed by atoms with Gasteiger partial charge in [-0.05, 0) is 77.4 Å². The number of halogens is 1. The molecule has 0 heterocycles. The molecule has 0 aliphatic heterocycles. The number of hydrogen-bond donors (Lipinski definition) is 1. The molecule has 37 heavy (non-hydrogen) atoms. The van der Waals surface area contributed by atoms with Crippen molar-refractivity contribution in [3.8, 4) is 0 Å². The second kappa shape index (κ2) is 13.0. The van der Waals surface area contributed by atoms with Gasteiger partial charge < -0.3 is 10.2 Å². The summed E-state index contributed by atoms with van der Waals surface area (Å²) < 4.78 is 29.4. The molecule has 3 rings (SSSR count). The van der Waals surface area contributed by atoms with Crippen molar-refractivity contribution in [1.29, 1.82) is 0 Å². The molecule has 0 aliphatic carbocycles. The van der Waals surface area contributed by atoms with E-state index in [1.165, 1.54) is 17.0 Å². The van der Waals surface area contributed by atoms with Crippen molar-refractivity contribution >= 4 is 50.1 Å². The maximum Gasteiger partial charge on any atom is 0.264 e. The number of hydrogen-bond acceptors (Lipinski definition) is 4. The smallest absolute Gasteiger partial charge is 0.264 e. The van der Waals surface area contributed by atoms with Gasteiger partial charge in [-0.15, -0.1) is 0 Å². The largest absolute Gasteiger partial charge is 0.354 e. The molecule has 0 saturated carbocycles. The van der Waals surface area contributed by atoms with Crippen LogP contribution in [0.25, 0.3) is 0 Å². The van der Waals surface area contributed by atoms with Gasteiger partial charge >= 0.3 is 0 Å². The van der Waals surface area contributed by atoms with Crippen molar-refractivity contribution in [3.05, 3.63) is 94.1 Å². The Hall–Kier alpha value is -2.92. The Morgan fingerprint density at radius 2 is 1.43 bits per heavy atom. The average molecular weight is 634 g/mol. The topological polar surface area (TPSA) is 86.8 Å². The van der Waals surface area contributed by atoms with Crippen LogP contribution in [0.2, 0.25) is 0 Å². The maximum absolute atomic E-state index is 13.8. The molecule has 0 radical (unpaired) electrons. The third-order valence-corrected chi connectivity index (χ3v) is 8.28. The predicted octanol–water partition coefficient (Wildman–Crippen LogP) is 4.68. The first-order valence-corrected chi connectivity index (χ1v) is 14.6. The highest BCUT2D eigenvalue weighted by Crippen LogP contribution is 2.25. The van der Waals surface area contributed by atoms with Crippen molar-refractivity contribution in [3.63, 3.8) is 0 Å². The summed E-state index contributed by atoms with van der Waals surface area (Å²) in [5, 5.41) is 2.88. The molecule has 1 atom stereocenters. The minimum atomic E-state index is -4.05. The van der Waals surface area contributed by atoms with Gasteiger partial charge in [0.15, 0.2) is 0 Å². The summed E-state index contributed by atoms with van der Waals surface area (Å²) in [6.07, 6.45) is 0. The predicted molar refractivity (Wildman–Crippen MR) is 154 cm³/mol. The molecule has 196 valence electrons. The summed E-state index contributed by atoms with van der Waals surface area (Å²) in [5.41, 5.74) is 1.21. The van der Waals surface area contributed by atoms with Crippen LogP contribution in [0.4, 0.5) is 5.69 Å². The third kappa shape index (κ3) is 7.78. The normalized spacial score (nSPS) is 12.1. The zero-order valence-corrected chi connectivity index (χ0v) is 24.1. The van der Waals surface area contributed by atoms with Gasteiger partial charge in [-0.1, -0.05) is 62.4 Å². The summed E-state index contributed by atoms with van der Waals surface area (Å²) in [6, 6.07) is 23.5. The lowest BCUT2D eigenvalue weighted by molar-refractivity contribution is -0.139. The van der Waals surface area contributed by atoms with E-state index < -0.39 is 28.5 Å². The highest BCUT2D eigenvalue weighted by molar-refractivity contribution is 14.1. The number of nitrogens with zero attached hydrogens (tertiary/aromatic N) is 2. The molecule has 0 saturated heterocycles. The molecule has 0 aromatic heterocycles. The lowest BCUT2D eigenvalue weighted by Crippen LogP contribution is -2.51. The van der Waals surface area contributed by atoms with Crippen molar-refractivity contribution in [2.75, 3.05) is 17.4 Å². The van der Waals surface area contributed by atoms with E-state index in [4.69, 9.17) is 0 Å². The molecule has 0 aliphatic rings. The van der Waals surface area contributed by atoms with E-state index in [-0.39, 0.29) is 23.3 Å². The maximum atomic E-state index is 13.8. The van der Waals surface area contributed by atoms with Gasteiger partial charge in [0.05, 0.1) is 10.6 Å². The Labute approximate surface area is 233 Å². The van der Waals surface area contributed by atoms with Crippen LogP contribution >= 0.6 is 22.6 Å². The van der Waals surface area contributed by atoms with Crippen LogP contribution in [0.3, 0.4) is 0 Å². The molecule has 7 nitrogen and oxygen atoms in total. The zero-order chi connectivity index (χ0) is 27.0. The number of amides is 2. The van der Waals surface area contributed by atoms with Crippen LogP contribution < -0.4 is 9.62 Å². The van der Waals surface area contributed by atoms with E-state index >= 15 is 0 Å². The molecule has 0 unspecified atom stereocenters. The lowest BCUT2D eigenvalue weighted by atomic mass is 10.1. The number of rotatable bonds is 11. The minimum absolute atomic E-state index is 0.0821. The zero-order valence-electron chi connectivity index (χ0n) is 21.2. The standard InChI is InChI=1S/C28H32IN3O4S/c1-21(2)18-30-28(34)22(3)31(19-23-10-6-4-7-11-23)27(33)20-32(25-16-14-24(29)15-17-25)37(35,36)26-12-8-5-9-13-26/h4-17,21-22H,18-20H2,1-3H3,(H,30,34)/t22-/m1/s1. The summed E-state index contributed by atoms with van der Waals surface area (Å²) in [5.74, 6) is -0.513. The molecule has 3 aromatic rings. The number of carbonyl (C=O) groups is 2. The molecule has 3 aromatic carbocycles. The van der Waals surface area contributed by atoms with Gasteiger partial charge in [0.1, 0.15) is 12.6 Å². The third-order valence-electron chi connectivity index (χ3n) is 5.77. The van der Waals surface area contributed by atoms with Crippen molar-refractivity contribution < 1.29 is 18.0 Å². The Balaban J connectivity index is 1.97. The summed E-state index contributed by atoms with van der Waals surface area (Å²) in [6.45, 7) is 5.84. The molecular formula is C28H32IN3O4S. The van der Waals surface area contributed by atoms with Crippen LogP contribution in [-0.2, 0) is 26.2 Å². The Morgan fingerprint density at radius 3 is 2.00 bits per heavy atom. The van der Waals surface area contributed by atoms with E-state index in [0.29, 0.717) is 12.2 Å². The van der Waals surface area contributed by atoms with Gasteiger partial charge in [0.25, 0.3) is 10.0 Å². The van der Waals surface area contributed by atoms with Gasteiger partial charge in [0.2, 0.25) is 11.8 Å². The van der Waals surface area contributed by atoms with E-state index in [1.807, 2.05) is 44.2 Å². The SMILES string of the molecule is CC(C)CNC(=O)[C@@H](C)N(Cc1ccccc1)C(=O)CN(c1ccc(I)cc1)S(=O)(=O)c1ccccc1. The van der Waals surface area contributed by atoms with E-state index in [1.54, 1.807) is 49.4 Å². The van der Waals surface area contributed by atoms with Gasteiger partial charge in [0, 0.05) is 16.7 Å². The first-order chi connectivity index (χ1) is 17.6. The molecular weight excluding hydrogens is 601 g/mol. The average Bonchev–Trinajstić information content (AvgIpc) is 2.90. The number of carbonyl (C=O) groups excluding carboxylic acids is 2. The second-order valence-electron chi connectivity index (χ2n) is 9.12. The first kappa shape index (κ1) is 28.6. The van der Waals surface area contributed by atoms with Crippen LogP contribution in [-0.4, -0.2) is 44.3 Å². The van der Waals surface area contributed by atoms with Crippen molar-refractivity contribution in [2.24, 2.45) is 5.92 Å². The minimum Gasteiger partial charge on any atom is -0.354 e. The summed E-state index contributed by atoms with van der Waals surface area (Å²) >= 11 is 2.14. The van der Waals surface area contributed by atoms with E-state index in [9.17, 15) is 18.0 Å². The fraction of sp³-hybridized carbons (Fsp3) is 0.286. The highest BCUT2D eigenvalue weighted by atomic mass is 127. The Morgan fingerprint density at radius 1 is 0.865 bits per heavy atom. The first-order valence-electron chi connectivity index (χ1n) is 12.0. The number of nitrogens with one attached hydrogen (secondary N) is 1. The van der Waals surface area contributed by atoms with Crippen LogP contribution in [0.5, 0.6) is 0 Å². The Kier molecular flexibility index (Phi) is 10.1. The van der Waals surface area contributed by atoms with Crippen LogP contribution in [0.1, 0.15) is 26.3 Å². The fourth-order valence-electron chi connectivity index (χ4n) is 3.67. The van der Waals surface area contributed by atoms with Gasteiger partial charge in [-0.3, -0.25) is 13.9 Å². The fourth-order valence-corrected chi connectivity index (χ4v) is 5.47. The molecule has 0 spiro atoms. The lowest BCUT2D eigenvalue weighted by Gasteiger charge is -2.32. The highest BCUT2D eigenvalue weighted by Gasteiger charge is 2.32. The summed E-state index contributed by atoms with van der Waals surface area (Å²) in [7, 11) is -4.05. The molecule has 1 N–H and O–H groups in total. The van der Waals surface area contributed by atoms with E-state index in [2.05, 4.69) is 27.9 Å². The quantitative estimate of drug-likeness (QED) is 0.311. The second-order valence-corrected chi connectivity index (χ2v) is 12.2. The Bertz CT molecular complexity index is 1280. The van der Waals surface area contributed by atoms with Crippen molar-refractivity contribution in [1.82, 2.24) is 10.2 Å². The molecule has 0 fully saturated rings. The number of sulfonamides is 1. The summed E-state index contributed by atoms with van der Waals surface area (Å²) in [4.78, 5) is 28.3. The molecule has 2 amide bonds. The van der Waals surface area contributed by atoms with Crippen LogP contribution in [0, 0.1) is 9.49 Å². The monoisotopic (exact) mass is 633 g/mol.